The summed E-state index contributed by atoms with van der Waals surface area (Å²) in [6.07, 6.45) is -4.56. The van der Waals surface area contributed by atoms with E-state index in [0.717, 1.165) is 29.6 Å². The fourth-order valence-corrected chi connectivity index (χ4v) is 4.62. The Morgan fingerprint density at radius 1 is 1.27 bits per heavy atom. The lowest BCUT2D eigenvalue weighted by molar-refractivity contribution is -0.137. The molecule has 2 rings (SSSR count). The lowest BCUT2D eigenvalue weighted by atomic mass is 10.1. The molecule has 12 heteroatoms. The summed E-state index contributed by atoms with van der Waals surface area (Å²) >= 11 is 3.36. The number of primary amides is 1. The van der Waals surface area contributed by atoms with E-state index in [-0.39, 0.29) is 11.4 Å². The van der Waals surface area contributed by atoms with Crippen LogP contribution in [0.5, 0.6) is 0 Å². The molecule has 26 heavy (non-hydrogen) atoms. The van der Waals surface area contributed by atoms with Crippen molar-refractivity contribution in [3.8, 4) is 0 Å². The van der Waals surface area contributed by atoms with Gasteiger partial charge in [-0.1, -0.05) is 47.0 Å². The van der Waals surface area contributed by atoms with Crippen molar-refractivity contribution in [3.63, 3.8) is 0 Å². The Labute approximate surface area is 159 Å². The van der Waals surface area contributed by atoms with Crippen LogP contribution in [0, 0.1) is 0 Å². The predicted octanol–water partition coefficient (Wildman–Crippen LogP) is 3.25. The first-order valence-corrected chi connectivity index (χ1v) is 9.73. The van der Waals surface area contributed by atoms with Crippen molar-refractivity contribution in [1.82, 2.24) is 10.2 Å². The number of nitrogens with zero attached hydrogens (tertiary/aromatic N) is 2. The highest BCUT2D eigenvalue weighted by molar-refractivity contribution is 8.04. The molecular formula is C14H13F3N4O2S3. The Morgan fingerprint density at radius 2 is 1.92 bits per heavy atom. The number of nitrogens with two attached hydrogens (primary N) is 1. The quantitative estimate of drug-likeness (QED) is 0.665. The van der Waals surface area contributed by atoms with Crippen LogP contribution in [0.4, 0.5) is 18.9 Å². The third-order valence-electron chi connectivity index (χ3n) is 2.86. The second-order valence-corrected chi connectivity index (χ2v) is 8.67. The molecule has 1 aromatic carbocycles. The molecule has 1 aromatic heterocycles. The number of halogens is 3. The number of aromatic nitrogens is 2. The Balaban J connectivity index is 1.99. The van der Waals surface area contributed by atoms with Crippen LogP contribution >= 0.6 is 34.9 Å². The maximum atomic E-state index is 13.0. The molecule has 0 saturated carbocycles. The normalized spacial score (nSPS) is 12.6. The minimum Gasteiger partial charge on any atom is -0.369 e. The summed E-state index contributed by atoms with van der Waals surface area (Å²) in [6, 6.07) is 4.76. The molecule has 0 bridgehead atoms. The van der Waals surface area contributed by atoms with Gasteiger partial charge in [-0.2, -0.15) is 13.2 Å². The van der Waals surface area contributed by atoms with E-state index in [1.165, 1.54) is 29.5 Å². The second kappa shape index (κ2) is 8.73. The largest absolute Gasteiger partial charge is 0.418 e. The number of para-hydroxylation sites is 1. The summed E-state index contributed by atoms with van der Waals surface area (Å²) in [4.78, 5) is 22.9. The van der Waals surface area contributed by atoms with Gasteiger partial charge >= 0.3 is 6.18 Å². The van der Waals surface area contributed by atoms with Crippen molar-refractivity contribution in [2.45, 2.75) is 27.0 Å². The molecule has 6 nitrogen and oxygen atoms in total. The minimum atomic E-state index is -4.56. The van der Waals surface area contributed by atoms with Gasteiger partial charge in [-0.05, 0) is 19.1 Å². The highest BCUT2D eigenvalue weighted by Gasteiger charge is 2.34. The zero-order chi connectivity index (χ0) is 19.3. The number of anilines is 1. The summed E-state index contributed by atoms with van der Waals surface area (Å²) < 4.78 is 39.9. The number of rotatable bonds is 7. The van der Waals surface area contributed by atoms with Crippen LogP contribution in [0.2, 0.25) is 0 Å². The van der Waals surface area contributed by atoms with E-state index in [4.69, 9.17) is 5.73 Å². The molecule has 0 aliphatic heterocycles. The van der Waals surface area contributed by atoms with Gasteiger partial charge in [0.1, 0.15) is 0 Å². The fourth-order valence-electron chi connectivity index (χ4n) is 1.71. The van der Waals surface area contributed by atoms with Crippen LogP contribution in [0.25, 0.3) is 0 Å². The topological polar surface area (TPSA) is 98.0 Å². The maximum Gasteiger partial charge on any atom is 0.418 e. The number of carbonyl (C=O) groups is 2. The number of alkyl halides is 3. The van der Waals surface area contributed by atoms with Gasteiger partial charge in [-0.3, -0.25) is 9.59 Å². The van der Waals surface area contributed by atoms with Crippen molar-refractivity contribution < 1.29 is 22.8 Å². The number of benzene rings is 1. The summed E-state index contributed by atoms with van der Waals surface area (Å²) in [5, 5.41) is 9.33. The molecule has 3 N–H and O–H groups in total. The summed E-state index contributed by atoms with van der Waals surface area (Å²) in [7, 11) is 0. The van der Waals surface area contributed by atoms with Gasteiger partial charge in [0, 0.05) is 0 Å². The number of thioether (sulfide) groups is 2. The highest BCUT2D eigenvalue weighted by Crippen LogP contribution is 2.35. The van der Waals surface area contributed by atoms with Gasteiger partial charge in [-0.15, -0.1) is 10.2 Å². The molecular weight excluding hydrogens is 409 g/mol. The minimum absolute atomic E-state index is 0.0591. The standard InChI is InChI=1S/C14H13F3N4O2S3/c1-7(25-13-21-20-12(26-13)24-6-10(18)22)11(23)19-9-5-3-2-4-8(9)14(15,16)17/h2-5,7H,6H2,1H3,(H2,18,22)(H,19,23). The van der Waals surface area contributed by atoms with Crippen molar-refractivity contribution in [2.24, 2.45) is 5.73 Å². The first-order valence-electron chi connectivity index (χ1n) is 7.05. The summed E-state index contributed by atoms with van der Waals surface area (Å²) in [6.45, 7) is 1.55. The van der Waals surface area contributed by atoms with E-state index < -0.39 is 28.8 Å². The number of nitrogens with one attached hydrogen (secondary N) is 1. The molecule has 140 valence electrons. The molecule has 2 aromatic rings. The van der Waals surface area contributed by atoms with Crippen molar-refractivity contribution in [2.75, 3.05) is 11.1 Å². The van der Waals surface area contributed by atoms with Crippen LogP contribution < -0.4 is 11.1 Å². The molecule has 0 radical (unpaired) electrons. The van der Waals surface area contributed by atoms with E-state index in [0.29, 0.717) is 8.68 Å². The monoisotopic (exact) mass is 422 g/mol. The summed E-state index contributed by atoms with van der Waals surface area (Å²) in [5.41, 5.74) is 3.83. The van der Waals surface area contributed by atoms with Gasteiger partial charge in [0.25, 0.3) is 0 Å². The van der Waals surface area contributed by atoms with Crippen LogP contribution in [0.3, 0.4) is 0 Å². The SMILES string of the molecule is CC(Sc1nnc(SCC(N)=O)s1)C(=O)Nc1ccccc1C(F)(F)F. The van der Waals surface area contributed by atoms with Crippen LogP contribution in [0.15, 0.2) is 32.9 Å². The Kier molecular flexibility index (Phi) is 6.89. The third-order valence-corrected chi connectivity index (χ3v) is 6.13. The second-order valence-electron chi connectivity index (χ2n) is 4.88. The molecule has 0 spiro atoms. The maximum absolute atomic E-state index is 13.0. The lowest BCUT2D eigenvalue weighted by Crippen LogP contribution is -2.24. The molecule has 1 unspecified atom stereocenters. The van der Waals surface area contributed by atoms with E-state index in [2.05, 4.69) is 15.5 Å². The Morgan fingerprint density at radius 3 is 2.58 bits per heavy atom. The van der Waals surface area contributed by atoms with Crippen LogP contribution in [-0.4, -0.2) is 33.0 Å². The fraction of sp³-hybridized carbons (Fsp3) is 0.286. The predicted molar refractivity (Wildman–Crippen MR) is 95.2 cm³/mol. The molecule has 0 aliphatic carbocycles. The van der Waals surface area contributed by atoms with Gasteiger partial charge in [0.2, 0.25) is 11.8 Å². The molecule has 0 aliphatic rings. The van der Waals surface area contributed by atoms with Gasteiger partial charge in [0.15, 0.2) is 8.68 Å². The number of amides is 2. The van der Waals surface area contributed by atoms with Gasteiger partial charge in [-0.25, -0.2) is 0 Å². The van der Waals surface area contributed by atoms with Gasteiger partial charge < -0.3 is 11.1 Å². The van der Waals surface area contributed by atoms with Crippen LogP contribution in [0.1, 0.15) is 12.5 Å². The van der Waals surface area contributed by atoms with E-state index in [9.17, 15) is 22.8 Å². The average molecular weight is 422 g/mol. The van der Waals surface area contributed by atoms with Gasteiger partial charge in [0.05, 0.1) is 22.3 Å². The number of carbonyl (C=O) groups excluding carboxylic acids is 2. The molecule has 0 fully saturated rings. The molecule has 1 heterocycles. The lowest BCUT2D eigenvalue weighted by Gasteiger charge is -2.15. The van der Waals surface area contributed by atoms with Crippen molar-refractivity contribution in [1.29, 1.82) is 0 Å². The van der Waals surface area contributed by atoms with E-state index in [1.54, 1.807) is 6.92 Å². The summed E-state index contributed by atoms with van der Waals surface area (Å²) in [5.74, 6) is -1.02. The molecule has 1 atom stereocenters. The first kappa shape index (κ1) is 20.5. The zero-order valence-corrected chi connectivity index (χ0v) is 15.7. The Bertz CT molecular complexity index is 798. The average Bonchev–Trinajstić information content (AvgIpc) is 3.00. The molecule has 0 saturated heterocycles. The van der Waals surface area contributed by atoms with E-state index in [1.807, 2.05) is 0 Å². The van der Waals surface area contributed by atoms with E-state index >= 15 is 0 Å². The Hall–Kier alpha value is -1.79. The van der Waals surface area contributed by atoms with Crippen molar-refractivity contribution in [3.05, 3.63) is 29.8 Å². The highest BCUT2D eigenvalue weighted by atomic mass is 32.2. The van der Waals surface area contributed by atoms with Crippen LogP contribution in [-0.2, 0) is 15.8 Å². The molecule has 2 amide bonds. The first-order chi connectivity index (χ1) is 12.2. The zero-order valence-electron chi connectivity index (χ0n) is 13.2. The third kappa shape index (κ3) is 5.88. The smallest absolute Gasteiger partial charge is 0.369 e. The number of hydrogen-bond donors (Lipinski definition) is 2. The number of hydrogen-bond acceptors (Lipinski definition) is 7. The van der Waals surface area contributed by atoms with Crippen molar-refractivity contribution >= 4 is 52.4 Å².